The molecule has 33 heavy (non-hydrogen) atoms. The van der Waals surface area contributed by atoms with E-state index in [-0.39, 0.29) is 47.8 Å². The summed E-state index contributed by atoms with van der Waals surface area (Å²) in [5.41, 5.74) is 2.29. The predicted octanol–water partition coefficient (Wildman–Crippen LogP) is 3.65. The number of allylic oxidation sites excluding steroid dienone is 1. The number of aromatic hydroxyl groups is 1. The minimum Gasteiger partial charge on any atom is -0.507 e. The van der Waals surface area contributed by atoms with Gasteiger partial charge in [0.1, 0.15) is 11.5 Å². The standard InChI is InChI=1S/C22H20N4O5.2ClH/c27-19-4-2-15-21(28)20(31-22(15)17(19)12-25-7-5-23-6-8-25)9-13-11-24-18-3-1-14(26(29)30)10-16(13)18;;/h1-4,9-11,23-24,27H,5-8,12H2;2*1H. The van der Waals surface area contributed by atoms with Crippen molar-refractivity contribution in [2.75, 3.05) is 26.2 Å². The number of benzene rings is 2. The third-order valence-corrected chi connectivity index (χ3v) is 5.70. The van der Waals surface area contributed by atoms with Crippen LogP contribution in [0.3, 0.4) is 0 Å². The Bertz CT molecular complexity index is 1250. The van der Waals surface area contributed by atoms with Crippen molar-refractivity contribution >= 4 is 53.3 Å². The van der Waals surface area contributed by atoms with E-state index in [0.29, 0.717) is 34.4 Å². The number of carbonyl (C=O) groups is 1. The fourth-order valence-corrected chi connectivity index (χ4v) is 4.05. The lowest BCUT2D eigenvalue weighted by Crippen LogP contribution is -2.42. The molecule has 0 atom stereocenters. The molecule has 2 aliphatic heterocycles. The summed E-state index contributed by atoms with van der Waals surface area (Å²) in [6, 6.07) is 7.61. The van der Waals surface area contributed by atoms with Gasteiger partial charge in [-0.1, -0.05) is 0 Å². The Morgan fingerprint density at radius 2 is 1.94 bits per heavy atom. The number of hydrogen-bond acceptors (Lipinski definition) is 7. The van der Waals surface area contributed by atoms with E-state index in [2.05, 4.69) is 15.2 Å². The Morgan fingerprint density at radius 1 is 1.18 bits per heavy atom. The fraction of sp³-hybridized carbons (Fsp3) is 0.227. The molecule has 3 N–H and O–H groups in total. The highest BCUT2D eigenvalue weighted by molar-refractivity contribution is 6.15. The second-order valence-electron chi connectivity index (χ2n) is 7.64. The van der Waals surface area contributed by atoms with Crippen LogP contribution in [0.15, 0.2) is 42.3 Å². The molecule has 0 saturated carbocycles. The molecule has 1 fully saturated rings. The van der Waals surface area contributed by atoms with Gasteiger partial charge in [0.2, 0.25) is 5.78 Å². The number of nitrogens with zero attached hydrogens (tertiary/aromatic N) is 2. The van der Waals surface area contributed by atoms with Gasteiger partial charge in [0.05, 0.1) is 16.1 Å². The van der Waals surface area contributed by atoms with E-state index in [4.69, 9.17) is 4.74 Å². The number of H-pyrrole nitrogens is 1. The van der Waals surface area contributed by atoms with Crippen molar-refractivity contribution in [3.8, 4) is 11.5 Å². The van der Waals surface area contributed by atoms with Crippen LogP contribution in [0.2, 0.25) is 0 Å². The topological polar surface area (TPSA) is 121 Å². The molecule has 2 aromatic carbocycles. The number of hydrogen-bond donors (Lipinski definition) is 3. The Labute approximate surface area is 201 Å². The number of phenols is 1. The molecule has 0 aliphatic carbocycles. The van der Waals surface area contributed by atoms with Crippen molar-refractivity contribution in [1.82, 2.24) is 15.2 Å². The first-order valence-corrected chi connectivity index (χ1v) is 9.99. The van der Waals surface area contributed by atoms with Gasteiger partial charge in [-0.25, -0.2) is 0 Å². The molecule has 174 valence electrons. The van der Waals surface area contributed by atoms with Gasteiger partial charge in [-0.15, -0.1) is 24.8 Å². The van der Waals surface area contributed by atoms with Crippen LogP contribution in [-0.4, -0.2) is 51.9 Å². The molecule has 11 heteroatoms. The normalized spacial score (nSPS) is 16.7. The van der Waals surface area contributed by atoms with E-state index in [0.717, 1.165) is 31.7 Å². The van der Waals surface area contributed by atoms with Crippen LogP contribution < -0.4 is 10.1 Å². The van der Waals surface area contributed by atoms with Gasteiger partial charge in [-0.3, -0.25) is 19.8 Å². The zero-order valence-corrected chi connectivity index (χ0v) is 19.0. The largest absolute Gasteiger partial charge is 0.507 e. The van der Waals surface area contributed by atoms with Crippen LogP contribution >= 0.6 is 24.8 Å². The van der Waals surface area contributed by atoms with Crippen LogP contribution in [0.5, 0.6) is 11.5 Å². The number of fused-ring (bicyclic) bond motifs is 2. The molecule has 0 unspecified atom stereocenters. The minimum atomic E-state index is -0.457. The van der Waals surface area contributed by atoms with Crippen molar-refractivity contribution in [2.24, 2.45) is 0 Å². The molecule has 0 radical (unpaired) electrons. The number of piperazine rings is 1. The number of aromatic nitrogens is 1. The van der Waals surface area contributed by atoms with Crippen molar-refractivity contribution in [3.63, 3.8) is 0 Å². The number of nitrogens with one attached hydrogen (secondary N) is 2. The number of Topliss-reactive ketones (excluding diaryl/α,β-unsaturated/α-hetero) is 1. The highest BCUT2D eigenvalue weighted by Gasteiger charge is 2.32. The van der Waals surface area contributed by atoms with Gasteiger partial charge in [0, 0.05) is 67.5 Å². The molecular weight excluding hydrogens is 471 g/mol. The molecule has 0 spiro atoms. The minimum absolute atomic E-state index is 0. The summed E-state index contributed by atoms with van der Waals surface area (Å²) in [7, 11) is 0. The number of ketones is 1. The predicted molar refractivity (Wildman–Crippen MR) is 129 cm³/mol. The SMILES string of the molecule is Cl.Cl.O=C1C(=Cc2c[nH]c3ccc([N+](=O)[O-])cc23)Oc2c1ccc(O)c2CN1CCNCC1. The van der Waals surface area contributed by atoms with Crippen LogP contribution in [0.25, 0.3) is 17.0 Å². The summed E-state index contributed by atoms with van der Waals surface area (Å²) in [6.07, 6.45) is 3.26. The Morgan fingerprint density at radius 3 is 2.67 bits per heavy atom. The lowest BCUT2D eigenvalue weighted by Gasteiger charge is -2.27. The Hall–Kier alpha value is -3.11. The maximum absolute atomic E-state index is 13.0. The van der Waals surface area contributed by atoms with Gasteiger partial charge < -0.3 is 20.1 Å². The number of ether oxygens (including phenoxy) is 1. The molecule has 0 bridgehead atoms. The van der Waals surface area contributed by atoms with Crippen molar-refractivity contribution in [3.05, 3.63) is 69.1 Å². The van der Waals surface area contributed by atoms with Crippen LogP contribution in [0, 0.1) is 10.1 Å². The van der Waals surface area contributed by atoms with E-state index < -0.39 is 4.92 Å². The van der Waals surface area contributed by atoms with E-state index in [1.54, 1.807) is 24.4 Å². The summed E-state index contributed by atoms with van der Waals surface area (Å²) in [5.74, 6) is 0.306. The molecule has 3 heterocycles. The smallest absolute Gasteiger partial charge is 0.270 e. The van der Waals surface area contributed by atoms with E-state index >= 15 is 0 Å². The van der Waals surface area contributed by atoms with E-state index in [1.807, 2.05) is 0 Å². The first-order chi connectivity index (χ1) is 15.0. The molecule has 2 aliphatic rings. The monoisotopic (exact) mass is 492 g/mol. The number of rotatable bonds is 4. The Kier molecular flexibility index (Phi) is 7.28. The lowest BCUT2D eigenvalue weighted by molar-refractivity contribution is -0.384. The zero-order valence-electron chi connectivity index (χ0n) is 17.4. The third-order valence-electron chi connectivity index (χ3n) is 5.70. The highest BCUT2D eigenvalue weighted by atomic mass is 35.5. The first kappa shape index (κ1) is 24.5. The quantitative estimate of drug-likeness (QED) is 0.288. The number of carbonyl (C=O) groups excluding carboxylic acids is 1. The van der Waals surface area contributed by atoms with Gasteiger partial charge >= 0.3 is 0 Å². The highest BCUT2D eigenvalue weighted by Crippen LogP contribution is 2.40. The number of non-ortho nitro benzene ring substituents is 1. The maximum Gasteiger partial charge on any atom is 0.270 e. The summed E-state index contributed by atoms with van der Waals surface area (Å²) in [6.45, 7) is 3.90. The van der Waals surface area contributed by atoms with Crippen molar-refractivity contribution < 1.29 is 19.6 Å². The van der Waals surface area contributed by atoms with Crippen molar-refractivity contribution in [2.45, 2.75) is 6.54 Å². The first-order valence-electron chi connectivity index (χ1n) is 9.99. The number of halogens is 2. The molecule has 0 amide bonds. The molecular formula is C22H22Cl2N4O5. The van der Waals surface area contributed by atoms with Crippen LogP contribution in [-0.2, 0) is 6.54 Å². The summed E-state index contributed by atoms with van der Waals surface area (Å²) >= 11 is 0. The summed E-state index contributed by atoms with van der Waals surface area (Å²) in [4.78, 5) is 28.9. The molecule has 3 aromatic rings. The van der Waals surface area contributed by atoms with Gasteiger partial charge in [0.15, 0.2) is 5.76 Å². The van der Waals surface area contributed by atoms with E-state index in [9.17, 15) is 20.0 Å². The van der Waals surface area contributed by atoms with Gasteiger partial charge in [-0.05, 0) is 24.3 Å². The van der Waals surface area contributed by atoms with Gasteiger partial charge in [-0.2, -0.15) is 0 Å². The number of nitro benzene ring substituents is 1. The lowest BCUT2D eigenvalue weighted by atomic mass is 10.0. The van der Waals surface area contributed by atoms with Crippen LogP contribution in [0.4, 0.5) is 5.69 Å². The summed E-state index contributed by atoms with van der Waals surface area (Å²) in [5, 5.41) is 25.5. The number of aromatic amines is 1. The zero-order chi connectivity index (χ0) is 21.5. The van der Waals surface area contributed by atoms with Crippen molar-refractivity contribution in [1.29, 1.82) is 0 Å². The second kappa shape index (κ2) is 9.80. The molecule has 5 rings (SSSR count). The molecule has 1 aromatic heterocycles. The van der Waals surface area contributed by atoms with E-state index in [1.165, 1.54) is 18.2 Å². The number of nitro groups is 1. The second-order valence-corrected chi connectivity index (χ2v) is 7.64. The fourth-order valence-electron chi connectivity index (χ4n) is 4.05. The maximum atomic E-state index is 13.0. The number of phenolic OH excluding ortho intramolecular Hbond substituents is 1. The molecule has 9 nitrogen and oxygen atoms in total. The molecule has 1 saturated heterocycles. The summed E-state index contributed by atoms with van der Waals surface area (Å²) < 4.78 is 5.93. The average molecular weight is 493 g/mol. The third kappa shape index (κ3) is 4.53. The Balaban J connectivity index is 0.00000153. The van der Waals surface area contributed by atoms with Crippen LogP contribution in [0.1, 0.15) is 21.5 Å². The average Bonchev–Trinajstić information content (AvgIpc) is 3.32. The van der Waals surface area contributed by atoms with Gasteiger partial charge in [0.25, 0.3) is 5.69 Å².